The maximum Gasteiger partial charge on any atom is 0.326 e. The highest BCUT2D eigenvalue weighted by Crippen LogP contribution is 2.17. The minimum atomic E-state index is -1.60. The lowest BCUT2D eigenvalue weighted by molar-refractivity contribution is -0.142. The van der Waals surface area contributed by atoms with Gasteiger partial charge in [0.2, 0.25) is 5.91 Å². The van der Waals surface area contributed by atoms with E-state index in [1.165, 1.54) is 29.1 Å². The van der Waals surface area contributed by atoms with Crippen LogP contribution in [0.2, 0.25) is 0 Å². The molecule has 0 aliphatic heterocycles. The number of aromatic nitrogens is 3. The lowest BCUT2D eigenvalue weighted by Crippen LogP contribution is -2.51. The molecular weight excluding hydrogens is 899 g/mol. The first-order valence-corrected chi connectivity index (χ1v) is 20.6. The molecule has 1 aromatic heterocycles. The molecule has 368 valence electrons. The number of carboxylic acid groups (broad SMARTS) is 6. The third-order valence-corrected chi connectivity index (χ3v) is 9.32. The van der Waals surface area contributed by atoms with E-state index in [9.17, 15) is 77.6 Å². The number of aliphatic carboxylic acids is 6. The van der Waals surface area contributed by atoms with E-state index in [0.717, 1.165) is 0 Å². The van der Waals surface area contributed by atoms with Crippen molar-refractivity contribution in [3.8, 4) is 0 Å². The number of amides is 7. The van der Waals surface area contributed by atoms with E-state index in [-0.39, 0.29) is 87.8 Å². The number of benzene rings is 1. The molecule has 4 atom stereocenters. The molecule has 0 fully saturated rings. The number of urea groups is 2. The van der Waals surface area contributed by atoms with Crippen molar-refractivity contribution in [3.05, 3.63) is 41.2 Å². The largest absolute Gasteiger partial charge is 0.481 e. The van der Waals surface area contributed by atoms with Gasteiger partial charge in [-0.2, -0.15) is 0 Å². The third-order valence-electron chi connectivity index (χ3n) is 9.32. The van der Waals surface area contributed by atoms with Crippen molar-refractivity contribution in [2.24, 2.45) is 0 Å². The van der Waals surface area contributed by atoms with Crippen LogP contribution < -0.4 is 37.2 Å². The summed E-state index contributed by atoms with van der Waals surface area (Å²) in [6, 6.07) is -4.73. The van der Waals surface area contributed by atoms with Crippen LogP contribution in [0.15, 0.2) is 24.4 Å². The topological polar surface area (TPSA) is 424 Å². The highest BCUT2D eigenvalue weighted by molar-refractivity contribution is 6.02. The molecular formula is C39H53FN10O17. The van der Waals surface area contributed by atoms with E-state index in [1.807, 2.05) is 10.6 Å². The Kier molecular flexibility index (Phi) is 23.7. The van der Waals surface area contributed by atoms with Crippen LogP contribution in [0.3, 0.4) is 0 Å². The number of rotatable bonds is 32. The quantitative estimate of drug-likeness (QED) is 0.0421. The second-order valence-corrected chi connectivity index (χ2v) is 14.7. The van der Waals surface area contributed by atoms with Crippen molar-refractivity contribution in [1.29, 1.82) is 0 Å². The maximum atomic E-state index is 13.3. The fourth-order valence-electron chi connectivity index (χ4n) is 5.92. The Morgan fingerprint density at radius 2 is 0.985 bits per heavy atom. The molecule has 0 aliphatic carbocycles. The maximum absolute atomic E-state index is 13.3. The van der Waals surface area contributed by atoms with Gasteiger partial charge in [0.1, 0.15) is 30.7 Å². The Morgan fingerprint density at radius 3 is 1.37 bits per heavy atom. The number of nitrogens with zero attached hydrogens (tertiary/aromatic N) is 3. The third kappa shape index (κ3) is 22.0. The fraction of sp³-hybridized carbons (Fsp3) is 0.513. The number of carboxylic acids is 6. The number of carbonyl (C=O) groups is 11. The van der Waals surface area contributed by atoms with Crippen LogP contribution in [0.1, 0.15) is 97.0 Å². The summed E-state index contributed by atoms with van der Waals surface area (Å²) in [5, 5.41) is 79.0. The lowest BCUT2D eigenvalue weighted by atomic mass is 10.1. The van der Waals surface area contributed by atoms with Gasteiger partial charge >= 0.3 is 47.9 Å². The molecule has 1 aromatic carbocycles. The summed E-state index contributed by atoms with van der Waals surface area (Å²) in [5.74, 6) is -10.6. The summed E-state index contributed by atoms with van der Waals surface area (Å²) in [5.41, 5.74) is 0.249. The monoisotopic (exact) mass is 952 g/mol. The molecule has 0 bridgehead atoms. The first-order chi connectivity index (χ1) is 31.7. The minimum Gasteiger partial charge on any atom is -0.481 e. The summed E-state index contributed by atoms with van der Waals surface area (Å²) in [6.07, 6.45) is 0.154. The average molecular weight is 953 g/mol. The second-order valence-electron chi connectivity index (χ2n) is 14.7. The molecule has 0 saturated heterocycles. The van der Waals surface area contributed by atoms with Crippen LogP contribution in [0.4, 0.5) is 19.7 Å². The van der Waals surface area contributed by atoms with E-state index in [4.69, 9.17) is 10.2 Å². The SMILES string of the molecule is O=C(O)CCC(NC(=O)N[C@@H](CCCCNC(=O)c1cc(NC(=O)Cn2cc(CCCF)nn2)cc(C(=O)NCCCCC(NC(=O)N[C@@H](CCC(=O)O)C(=O)O)C(=O)O)c1)C(=O)O)C(=O)O. The average Bonchev–Trinajstić information content (AvgIpc) is 3.70. The molecule has 7 amide bonds. The molecule has 0 spiro atoms. The molecule has 67 heavy (non-hydrogen) atoms. The van der Waals surface area contributed by atoms with Crippen molar-refractivity contribution in [3.63, 3.8) is 0 Å². The predicted molar refractivity (Wildman–Crippen MR) is 225 cm³/mol. The zero-order valence-electron chi connectivity index (χ0n) is 35.8. The zero-order chi connectivity index (χ0) is 50.1. The Morgan fingerprint density at radius 1 is 0.567 bits per heavy atom. The number of aryl methyl sites for hydroxylation is 1. The molecule has 27 nitrogen and oxygen atoms in total. The number of hydrogen-bond acceptors (Lipinski definition) is 13. The van der Waals surface area contributed by atoms with Crippen LogP contribution in [0.25, 0.3) is 0 Å². The summed E-state index contributed by atoms with van der Waals surface area (Å²) in [4.78, 5) is 132. The van der Waals surface area contributed by atoms with Crippen LogP contribution in [0.5, 0.6) is 0 Å². The van der Waals surface area contributed by atoms with Crippen molar-refractivity contribution in [2.45, 2.75) is 108 Å². The number of nitrogens with one attached hydrogen (secondary N) is 7. The normalized spacial score (nSPS) is 12.5. The summed E-state index contributed by atoms with van der Waals surface area (Å²) >= 11 is 0. The van der Waals surface area contributed by atoms with Crippen molar-refractivity contribution < 1.29 is 87.8 Å². The van der Waals surface area contributed by atoms with Gasteiger partial charge in [-0.3, -0.25) is 28.4 Å². The molecule has 2 unspecified atom stereocenters. The highest BCUT2D eigenvalue weighted by Gasteiger charge is 2.26. The molecule has 0 saturated carbocycles. The van der Waals surface area contributed by atoms with Crippen molar-refractivity contribution >= 4 is 71.3 Å². The van der Waals surface area contributed by atoms with Crippen LogP contribution in [-0.4, -0.2) is 155 Å². The number of alkyl halides is 1. The van der Waals surface area contributed by atoms with Gasteiger partial charge < -0.3 is 67.9 Å². The molecule has 0 radical (unpaired) electrons. The Balaban J connectivity index is 2.08. The number of unbranched alkanes of at least 4 members (excludes halogenated alkanes) is 2. The van der Waals surface area contributed by atoms with Gasteiger partial charge in [-0.25, -0.2) is 33.4 Å². The van der Waals surface area contributed by atoms with E-state index < -0.39 is 122 Å². The Bertz CT molecular complexity index is 1990. The fourth-order valence-corrected chi connectivity index (χ4v) is 5.92. The first-order valence-electron chi connectivity index (χ1n) is 20.6. The highest BCUT2D eigenvalue weighted by atomic mass is 19.1. The first kappa shape index (κ1) is 55.2. The molecule has 13 N–H and O–H groups in total. The van der Waals surface area contributed by atoms with Crippen LogP contribution >= 0.6 is 0 Å². The summed E-state index contributed by atoms with van der Waals surface area (Å²) in [7, 11) is 0. The molecule has 0 aliphatic rings. The molecule has 2 aromatic rings. The van der Waals surface area contributed by atoms with Crippen LogP contribution in [0, 0.1) is 0 Å². The van der Waals surface area contributed by atoms with Gasteiger partial charge in [0.15, 0.2) is 0 Å². The number of halogens is 1. The minimum absolute atomic E-state index is 0.00376. The van der Waals surface area contributed by atoms with E-state index in [1.54, 1.807) is 0 Å². The standard InChI is InChI=1S/C39H53FN10O17/c40-13-5-6-23-19-50(49-48-23)20-29(51)43-24-17-21(32(56)41-14-3-1-7-25(34(58)59)44-38(66)46-27(36(62)63)9-11-30(52)53)16-22(18-24)33(57)42-15-4-2-8-26(35(60)61)45-39(67)47-28(37(64)65)10-12-31(54)55/h16-19,25-28H,1-15,20H2,(H,41,56)(H,42,57)(H,43,51)(H,52,53)(H,54,55)(H,58,59)(H,60,61)(H,62,63)(H,64,65)(H2,44,46,66)(H2,45,47,67)/t25-,26?,27?,28-/m0/s1. The number of anilines is 1. The van der Waals surface area contributed by atoms with Gasteiger partial charge in [0.05, 0.1) is 12.4 Å². The van der Waals surface area contributed by atoms with Gasteiger partial charge in [-0.15, -0.1) is 5.10 Å². The van der Waals surface area contributed by atoms with Gasteiger partial charge in [0.25, 0.3) is 11.8 Å². The van der Waals surface area contributed by atoms with Gasteiger partial charge in [-0.05, 0) is 82.4 Å². The van der Waals surface area contributed by atoms with Crippen molar-refractivity contribution in [1.82, 2.24) is 46.9 Å². The van der Waals surface area contributed by atoms with E-state index >= 15 is 0 Å². The number of hydrogen-bond donors (Lipinski definition) is 13. The smallest absolute Gasteiger partial charge is 0.326 e. The Labute approximate surface area is 379 Å². The molecule has 28 heteroatoms. The van der Waals surface area contributed by atoms with Crippen LogP contribution in [-0.2, 0) is 46.5 Å². The molecule has 1 heterocycles. The summed E-state index contributed by atoms with van der Waals surface area (Å²) in [6.45, 7) is -1.00. The lowest BCUT2D eigenvalue weighted by Gasteiger charge is -2.18. The predicted octanol–water partition coefficient (Wildman–Crippen LogP) is -0.240. The summed E-state index contributed by atoms with van der Waals surface area (Å²) < 4.78 is 13.8. The van der Waals surface area contributed by atoms with Gasteiger partial charge in [0, 0.05) is 48.9 Å². The Hall–Kier alpha value is -7.94. The van der Waals surface area contributed by atoms with Gasteiger partial charge in [-0.1, -0.05) is 5.21 Å². The number of carbonyl (C=O) groups excluding carboxylic acids is 5. The van der Waals surface area contributed by atoms with Crippen molar-refractivity contribution in [2.75, 3.05) is 25.1 Å². The van der Waals surface area contributed by atoms with E-state index in [2.05, 4.69) is 36.9 Å². The molecule has 2 rings (SSSR count). The zero-order valence-corrected chi connectivity index (χ0v) is 35.8. The van der Waals surface area contributed by atoms with E-state index in [0.29, 0.717) is 5.69 Å². The second kappa shape index (κ2) is 28.8.